The lowest BCUT2D eigenvalue weighted by Crippen LogP contribution is -2.45. The number of nitrogens with one attached hydrogen (secondary N) is 1. The molecule has 89 heavy (non-hydrogen) atoms. The molecule has 0 radical (unpaired) electrons. The molecule has 2 aromatic carbocycles. The van der Waals surface area contributed by atoms with Crippen molar-refractivity contribution in [2.75, 3.05) is 13.2 Å². The van der Waals surface area contributed by atoms with Crippen molar-refractivity contribution in [3.8, 4) is 0 Å². The number of azo groups is 1. The van der Waals surface area contributed by atoms with Crippen molar-refractivity contribution in [2.24, 2.45) is 10.2 Å². The highest BCUT2D eigenvalue weighted by Crippen LogP contribution is 2.26. The monoisotopic (exact) mass is 1220 g/mol. The first kappa shape index (κ1) is 78.1. The normalized spacial score (nSPS) is 14.0. The second-order valence-corrected chi connectivity index (χ2v) is 19.8. The molecule has 2 aliphatic rings. The predicted molar refractivity (Wildman–Crippen MR) is 352 cm³/mol. The van der Waals surface area contributed by atoms with E-state index in [0.717, 1.165) is 75.5 Å². The van der Waals surface area contributed by atoms with Gasteiger partial charge in [0.2, 0.25) is 0 Å². The van der Waals surface area contributed by atoms with Crippen molar-refractivity contribution in [3.63, 3.8) is 0 Å². The highest BCUT2D eigenvalue weighted by Gasteiger charge is 2.42. The van der Waals surface area contributed by atoms with Gasteiger partial charge in [0.1, 0.15) is 6.04 Å². The minimum Gasteiger partial charge on any atom is -0.464 e. The summed E-state index contributed by atoms with van der Waals surface area (Å²) in [4.78, 5) is 93.8. The summed E-state index contributed by atoms with van der Waals surface area (Å²) >= 11 is 0. The molecule has 0 spiro atoms. The van der Waals surface area contributed by atoms with Crippen molar-refractivity contribution < 1.29 is 62.4 Å². The van der Waals surface area contributed by atoms with Crippen LogP contribution >= 0.6 is 0 Å². The van der Waals surface area contributed by atoms with E-state index in [4.69, 9.17) is 9.47 Å². The van der Waals surface area contributed by atoms with Gasteiger partial charge < -0.3 is 24.1 Å². The number of benzene rings is 2. The summed E-state index contributed by atoms with van der Waals surface area (Å²) in [7, 11) is 0. The average molecular weight is 1220 g/mol. The first-order valence-corrected chi connectivity index (χ1v) is 30.6. The molecule has 0 aliphatic carbocycles. The number of fused-ring (bicyclic) bond motifs is 2. The number of amides is 6. The Labute approximate surface area is 527 Å². The summed E-state index contributed by atoms with van der Waals surface area (Å²) < 4.78 is 19.1. The number of hydrogen-bond acceptors (Lipinski definition) is 13. The molecule has 2 aromatic rings. The Bertz CT molecular complexity index is 2790. The number of esters is 2. The summed E-state index contributed by atoms with van der Waals surface area (Å²) in [5.41, 5.74) is 1.59. The number of nitrogens with zero attached hydrogens (tertiary/aromatic N) is 3. The van der Waals surface area contributed by atoms with Gasteiger partial charge in [-0.05, 0) is 149 Å². The van der Waals surface area contributed by atoms with E-state index in [9.17, 15) is 43.5 Å². The topological polar surface area (TPSA) is 234 Å². The van der Waals surface area contributed by atoms with Gasteiger partial charge in [0.05, 0.1) is 47.7 Å². The molecule has 4 rings (SSSR count). The molecule has 2 N–H and O–H groups in total. The molecule has 2 heterocycles. The third kappa shape index (κ3) is 37.4. The van der Waals surface area contributed by atoms with Crippen LogP contribution in [0.2, 0.25) is 0 Å². The van der Waals surface area contributed by atoms with Crippen LogP contribution in [0.25, 0.3) is 0 Å². The van der Waals surface area contributed by atoms with Crippen LogP contribution in [-0.2, 0) is 28.5 Å². The van der Waals surface area contributed by atoms with E-state index in [2.05, 4.69) is 160 Å². The van der Waals surface area contributed by atoms with Crippen LogP contribution in [0.4, 0.5) is 9.59 Å². The number of carbonyl (C=O) groups excluding carboxylic acids is 8. The second kappa shape index (κ2) is 51.1. The minimum absolute atomic E-state index is 0.183. The maximum atomic E-state index is 12.8. The van der Waals surface area contributed by atoms with E-state index in [-0.39, 0.29) is 37.0 Å². The number of ether oxygens (including phenoxy) is 4. The Morgan fingerprint density at radius 3 is 1.01 bits per heavy atom. The van der Waals surface area contributed by atoms with E-state index < -0.39 is 48.1 Å². The third-order valence-electron chi connectivity index (χ3n) is 11.7. The fraction of sp³-hybridized carbons (Fsp3) is 0.389. The first-order valence-electron chi connectivity index (χ1n) is 30.6. The molecule has 0 aromatic heterocycles. The summed E-state index contributed by atoms with van der Waals surface area (Å²) in [6.45, 7) is 14.9. The standard InChI is InChI=1S/C32H39NO4.C24H36O3.C8H14N2O4.C8H5NO2/c1-3-5-6-7-8-9-10-11-12-13-14-15-16-17-18-19-20-21-26-29(32(36)37-4-2)33-30(34)27-24-22-23-25-28(27)31(33)35;1-3-5-6-7-8-9-10-11-12-13-14-15-16-17-18-19-20-21-22-23(25)24(26)27-4-2;1-5(2)13-7(11)9-10-8(12)14-6(3)4;10-7-5-3-1-2-4-6(5)8(11)9-7/h5-6,8-9,11-12,14-15,17-18,20-25,29H,3-4,7,10,13,16,19,26H2,1-2H3;5-6,8-9,11-12,14-15,17-18,20-21,23,25H,3-4,7,10,13,16,19,22H2,1-2H3;5-6H,1-4H3;1-4H,(H,9,10,11)/b2*6-5-,9-8-,12-11-,15-14-,18-17-,21-20-;;. The number of imide groups is 2. The average Bonchev–Trinajstić information content (AvgIpc) is 1.72. The van der Waals surface area contributed by atoms with Crippen molar-refractivity contribution in [1.82, 2.24) is 10.2 Å². The van der Waals surface area contributed by atoms with Gasteiger partial charge in [-0.2, -0.15) is 0 Å². The van der Waals surface area contributed by atoms with Crippen LogP contribution in [0.1, 0.15) is 187 Å². The summed E-state index contributed by atoms with van der Waals surface area (Å²) in [5.74, 6) is -2.64. The van der Waals surface area contributed by atoms with E-state index in [1.165, 1.54) is 0 Å². The molecule has 6 amide bonds. The minimum atomic E-state index is -1.06. The number of allylic oxidation sites excluding steroid dienone is 22. The number of aliphatic hydroxyl groups excluding tert-OH is 1. The molecule has 0 bridgehead atoms. The van der Waals surface area contributed by atoms with Gasteiger partial charge in [-0.25, -0.2) is 19.2 Å². The molecule has 17 heteroatoms. The molecule has 0 fully saturated rings. The molecular formula is C72H94N4O13. The zero-order valence-corrected chi connectivity index (χ0v) is 53.3. The van der Waals surface area contributed by atoms with Crippen LogP contribution in [0.3, 0.4) is 0 Å². The lowest BCUT2D eigenvalue weighted by atomic mass is 10.1. The highest BCUT2D eigenvalue weighted by molar-refractivity contribution is 6.23. The Morgan fingerprint density at radius 2 is 0.708 bits per heavy atom. The van der Waals surface area contributed by atoms with Gasteiger partial charge in [-0.1, -0.05) is 194 Å². The largest absolute Gasteiger partial charge is 0.464 e. The van der Waals surface area contributed by atoms with Crippen molar-refractivity contribution >= 4 is 47.8 Å². The number of carbonyl (C=O) groups is 8. The van der Waals surface area contributed by atoms with E-state index >= 15 is 0 Å². The van der Waals surface area contributed by atoms with Gasteiger partial charge in [0, 0.05) is 6.42 Å². The van der Waals surface area contributed by atoms with E-state index in [0.29, 0.717) is 41.7 Å². The highest BCUT2D eigenvalue weighted by atomic mass is 16.6. The van der Waals surface area contributed by atoms with Gasteiger partial charge in [0.15, 0.2) is 6.10 Å². The summed E-state index contributed by atoms with van der Waals surface area (Å²) in [6.07, 6.45) is 59.0. The van der Waals surface area contributed by atoms with E-state index in [1.807, 2.05) is 18.2 Å². The van der Waals surface area contributed by atoms with Crippen LogP contribution in [-0.4, -0.2) is 95.3 Å². The lowest BCUT2D eigenvalue weighted by Gasteiger charge is -2.23. The Balaban J connectivity index is 0.000000657. The zero-order valence-electron chi connectivity index (χ0n) is 53.3. The fourth-order valence-corrected chi connectivity index (χ4v) is 7.51. The van der Waals surface area contributed by atoms with Crippen LogP contribution in [0, 0.1) is 0 Å². The van der Waals surface area contributed by atoms with Gasteiger partial charge >= 0.3 is 24.1 Å². The maximum Gasteiger partial charge on any atom is 0.452 e. The number of rotatable bonds is 33. The first-order chi connectivity index (χ1) is 43.0. The number of aliphatic hydroxyl groups is 1. The van der Waals surface area contributed by atoms with Crippen molar-refractivity contribution in [2.45, 2.75) is 170 Å². The van der Waals surface area contributed by atoms with Gasteiger partial charge in [-0.3, -0.25) is 29.4 Å². The van der Waals surface area contributed by atoms with E-state index in [1.54, 1.807) is 96.1 Å². The van der Waals surface area contributed by atoms with Crippen molar-refractivity contribution in [1.29, 1.82) is 0 Å². The predicted octanol–water partition coefficient (Wildman–Crippen LogP) is 16.4. The Morgan fingerprint density at radius 1 is 0.427 bits per heavy atom. The summed E-state index contributed by atoms with van der Waals surface area (Å²) in [5, 5.41) is 17.7. The smallest absolute Gasteiger partial charge is 0.452 e. The molecule has 0 saturated carbocycles. The summed E-state index contributed by atoms with van der Waals surface area (Å²) in [6, 6.07) is 12.4. The molecule has 480 valence electrons. The molecular weight excluding hydrogens is 1130 g/mol. The third-order valence-corrected chi connectivity index (χ3v) is 11.7. The molecule has 2 unspecified atom stereocenters. The van der Waals surface area contributed by atoms with Crippen LogP contribution < -0.4 is 5.32 Å². The fourth-order valence-electron chi connectivity index (χ4n) is 7.51. The quantitative estimate of drug-likeness (QED) is 0.0223. The molecule has 0 saturated heterocycles. The Hall–Kier alpha value is -8.96. The molecule has 2 atom stereocenters. The van der Waals surface area contributed by atoms with Crippen LogP contribution in [0.15, 0.2) is 205 Å². The number of hydrogen-bond donors (Lipinski definition) is 2. The lowest BCUT2D eigenvalue weighted by molar-refractivity contribution is -0.152. The van der Waals surface area contributed by atoms with Gasteiger partial charge in [0.25, 0.3) is 23.6 Å². The van der Waals surface area contributed by atoms with Gasteiger partial charge in [-0.15, -0.1) is 0 Å². The van der Waals surface area contributed by atoms with Crippen LogP contribution in [0.5, 0.6) is 0 Å². The van der Waals surface area contributed by atoms with Crippen molar-refractivity contribution in [3.05, 3.63) is 217 Å². The molecule has 2 aliphatic heterocycles. The molecule has 17 nitrogen and oxygen atoms in total. The SMILES string of the molecule is CC(C)OC(=O)N=NC(=O)OC(C)C.CC/C=C\C/C=C\C/C=C\C/C=C\C/C=C\C/C=C\CC(C(=O)OCC)N1C(=O)c2ccccc2C1=O.CC/C=C\C/C=C\C/C=C\C/C=C\C/C=C\C/C=C\CC(O)C(=O)OCC.O=C1NC(=O)c2ccccc21. The maximum absolute atomic E-state index is 12.8. The Kier molecular flexibility index (Phi) is 44.8. The zero-order chi connectivity index (χ0) is 65.7. The second-order valence-electron chi connectivity index (χ2n) is 19.8.